The van der Waals surface area contributed by atoms with Crippen LogP contribution in [-0.4, -0.2) is 19.0 Å². The van der Waals surface area contributed by atoms with Gasteiger partial charge < -0.3 is 14.8 Å². The Kier molecular flexibility index (Phi) is 4.81. The van der Waals surface area contributed by atoms with Crippen molar-refractivity contribution in [2.24, 2.45) is 0 Å². The van der Waals surface area contributed by atoms with Crippen molar-refractivity contribution in [1.29, 1.82) is 0 Å². The Morgan fingerprint density at radius 3 is 2.50 bits per heavy atom. The van der Waals surface area contributed by atoms with E-state index in [2.05, 4.69) is 5.32 Å². The summed E-state index contributed by atoms with van der Waals surface area (Å²) >= 11 is 0. The van der Waals surface area contributed by atoms with E-state index in [0.29, 0.717) is 23.2 Å². The Hall–Kier alpha value is -3.60. The lowest BCUT2D eigenvalue weighted by atomic mass is 9.93. The highest BCUT2D eigenvalue weighted by atomic mass is 16.5. The van der Waals surface area contributed by atoms with Gasteiger partial charge in [-0.3, -0.25) is 4.79 Å². The Bertz CT molecular complexity index is 1010. The number of esters is 1. The number of ether oxygens (including phenoxy) is 2. The summed E-state index contributed by atoms with van der Waals surface area (Å²) in [6.45, 7) is 0. The van der Waals surface area contributed by atoms with Gasteiger partial charge in [0.05, 0.1) is 12.7 Å². The standard InChI is InChI=1S/C23H19NO4/c1-27-19-10-8-18(9-11-19)24-22(25)16-7-12-20-17(13-16)14-21(28-23(20)26)15-5-3-2-4-6-15/h2-13,21H,14H2,1H3,(H,24,25)/t21-/m1/s1. The molecule has 5 heteroatoms. The molecule has 3 aromatic rings. The van der Waals surface area contributed by atoms with Gasteiger partial charge in [0.25, 0.3) is 5.91 Å². The Morgan fingerprint density at radius 1 is 1.04 bits per heavy atom. The molecule has 3 aromatic carbocycles. The number of hydrogen-bond acceptors (Lipinski definition) is 4. The normalized spacial score (nSPS) is 15.3. The summed E-state index contributed by atoms with van der Waals surface area (Å²) in [5, 5.41) is 2.86. The maximum absolute atomic E-state index is 12.6. The van der Waals surface area contributed by atoms with E-state index in [1.807, 2.05) is 30.3 Å². The van der Waals surface area contributed by atoms with Crippen molar-refractivity contribution in [2.75, 3.05) is 12.4 Å². The van der Waals surface area contributed by atoms with Gasteiger partial charge in [-0.15, -0.1) is 0 Å². The SMILES string of the molecule is COc1ccc(NC(=O)c2ccc3c(c2)C[C@H](c2ccccc2)OC3=O)cc1. The van der Waals surface area contributed by atoms with Gasteiger partial charge in [-0.2, -0.15) is 0 Å². The molecular weight excluding hydrogens is 354 g/mol. The molecule has 4 rings (SSSR count). The number of methoxy groups -OCH3 is 1. The summed E-state index contributed by atoms with van der Waals surface area (Å²) < 4.78 is 10.7. The maximum atomic E-state index is 12.6. The van der Waals surface area contributed by atoms with E-state index in [0.717, 1.165) is 16.9 Å². The van der Waals surface area contributed by atoms with Crippen molar-refractivity contribution in [3.63, 3.8) is 0 Å². The minimum atomic E-state index is -0.364. The molecule has 1 aliphatic heterocycles. The van der Waals surface area contributed by atoms with Crippen LogP contribution in [0.5, 0.6) is 5.75 Å². The molecule has 0 aliphatic carbocycles. The number of rotatable bonds is 4. The monoisotopic (exact) mass is 373 g/mol. The first kappa shape index (κ1) is 17.8. The highest BCUT2D eigenvalue weighted by Gasteiger charge is 2.28. The molecule has 140 valence electrons. The Labute approximate surface area is 162 Å². The van der Waals surface area contributed by atoms with E-state index in [9.17, 15) is 9.59 Å². The minimum absolute atomic E-state index is 0.233. The van der Waals surface area contributed by atoms with Crippen molar-refractivity contribution < 1.29 is 19.1 Å². The van der Waals surface area contributed by atoms with Gasteiger partial charge in [0, 0.05) is 17.7 Å². The zero-order valence-corrected chi connectivity index (χ0v) is 15.3. The first-order valence-corrected chi connectivity index (χ1v) is 8.98. The number of amides is 1. The van der Waals surface area contributed by atoms with E-state index in [1.165, 1.54) is 0 Å². The van der Waals surface area contributed by atoms with Crippen LogP contribution in [0, 0.1) is 0 Å². The first-order valence-electron chi connectivity index (χ1n) is 8.98. The molecule has 5 nitrogen and oxygen atoms in total. The molecule has 1 N–H and O–H groups in total. The van der Waals surface area contributed by atoms with Crippen molar-refractivity contribution >= 4 is 17.6 Å². The lowest BCUT2D eigenvalue weighted by molar-refractivity contribution is 0.0252. The molecule has 0 fully saturated rings. The van der Waals surface area contributed by atoms with Crippen LogP contribution in [0.25, 0.3) is 0 Å². The third-order valence-electron chi connectivity index (χ3n) is 4.76. The van der Waals surface area contributed by atoms with Crippen molar-refractivity contribution in [3.8, 4) is 5.75 Å². The molecule has 1 atom stereocenters. The van der Waals surface area contributed by atoms with Gasteiger partial charge in [0.15, 0.2) is 0 Å². The molecule has 0 unspecified atom stereocenters. The minimum Gasteiger partial charge on any atom is -0.497 e. The fourth-order valence-electron chi connectivity index (χ4n) is 3.27. The molecular formula is C23H19NO4. The molecule has 0 radical (unpaired) electrons. The van der Waals surface area contributed by atoms with Crippen molar-refractivity contribution in [3.05, 3.63) is 95.1 Å². The third kappa shape index (κ3) is 3.60. The van der Waals surface area contributed by atoms with Crippen molar-refractivity contribution in [2.45, 2.75) is 12.5 Å². The molecule has 0 aromatic heterocycles. The van der Waals surface area contributed by atoms with Crippen LogP contribution in [0.1, 0.15) is 37.9 Å². The summed E-state index contributed by atoms with van der Waals surface area (Å²) in [5.74, 6) is 0.123. The number of cyclic esters (lactones) is 1. The lowest BCUT2D eigenvalue weighted by Gasteiger charge is -2.25. The Morgan fingerprint density at radius 2 is 1.79 bits per heavy atom. The van der Waals surface area contributed by atoms with Crippen LogP contribution in [0.3, 0.4) is 0 Å². The molecule has 0 saturated heterocycles. The molecule has 0 saturated carbocycles. The Balaban J connectivity index is 1.55. The zero-order valence-electron chi connectivity index (χ0n) is 15.3. The van der Waals surface area contributed by atoms with Gasteiger partial charge in [-0.25, -0.2) is 4.79 Å². The van der Waals surface area contributed by atoms with Gasteiger partial charge in [0.2, 0.25) is 0 Å². The summed E-state index contributed by atoms with van der Waals surface area (Å²) in [5.41, 5.74) is 3.43. The van der Waals surface area contributed by atoms with E-state index in [1.54, 1.807) is 49.6 Å². The summed E-state index contributed by atoms with van der Waals surface area (Å²) in [6.07, 6.45) is 0.190. The molecule has 0 spiro atoms. The summed E-state index contributed by atoms with van der Waals surface area (Å²) in [7, 11) is 1.59. The number of hydrogen-bond donors (Lipinski definition) is 1. The topological polar surface area (TPSA) is 64.6 Å². The first-order chi connectivity index (χ1) is 13.6. The third-order valence-corrected chi connectivity index (χ3v) is 4.76. The fraction of sp³-hybridized carbons (Fsp3) is 0.130. The fourth-order valence-corrected chi connectivity index (χ4v) is 3.27. The second-order valence-electron chi connectivity index (χ2n) is 6.56. The highest BCUT2D eigenvalue weighted by molar-refractivity contribution is 6.05. The summed E-state index contributed by atoms with van der Waals surface area (Å²) in [4.78, 5) is 25.0. The summed E-state index contributed by atoms with van der Waals surface area (Å²) in [6, 6.07) is 21.8. The quantitative estimate of drug-likeness (QED) is 0.689. The van der Waals surface area contributed by atoms with E-state index < -0.39 is 0 Å². The van der Waals surface area contributed by atoms with Crippen LogP contribution < -0.4 is 10.1 Å². The molecule has 0 bridgehead atoms. The number of carbonyl (C=O) groups excluding carboxylic acids is 2. The number of fused-ring (bicyclic) bond motifs is 1. The number of benzene rings is 3. The average molecular weight is 373 g/mol. The zero-order chi connectivity index (χ0) is 19.5. The molecule has 1 aliphatic rings. The predicted octanol–water partition coefficient (Wildman–Crippen LogP) is 4.40. The van der Waals surface area contributed by atoms with E-state index in [4.69, 9.17) is 9.47 Å². The highest BCUT2D eigenvalue weighted by Crippen LogP contribution is 2.31. The van der Waals surface area contributed by atoms with Crippen LogP contribution in [0.4, 0.5) is 5.69 Å². The molecule has 28 heavy (non-hydrogen) atoms. The molecule has 1 amide bonds. The van der Waals surface area contributed by atoms with Crippen molar-refractivity contribution in [1.82, 2.24) is 0 Å². The van der Waals surface area contributed by atoms with Gasteiger partial charge in [-0.1, -0.05) is 30.3 Å². The maximum Gasteiger partial charge on any atom is 0.339 e. The largest absolute Gasteiger partial charge is 0.497 e. The average Bonchev–Trinajstić information content (AvgIpc) is 2.74. The van der Waals surface area contributed by atoms with E-state index in [-0.39, 0.29) is 18.0 Å². The number of carbonyl (C=O) groups is 2. The van der Waals surface area contributed by atoms with Gasteiger partial charge >= 0.3 is 5.97 Å². The van der Waals surface area contributed by atoms with Crippen LogP contribution in [-0.2, 0) is 11.2 Å². The smallest absolute Gasteiger partial charge is 0.339 e. The van der Waals surface area contributed by atoms with Crippen LogP contribution >= 0.6 is 0 Å². The second-order valence-corrected chi connectivity index (χ2v) is 6.56. The van der Waals surface area contributed by atoms with Gasteiger partial charge in [-0.05, 0) is 53.6 Å². The van der Waals surface area contributed by atoms with Crippen LogP contribution in [0.15, 0.2) is 72.8 Å². The number of anilines is 1. The molecule has 1 heterocycles. The second kappa shape index (κ2) is 7.56. The number of nitrogens with one attached hydrogen (secondary N) is 1. The predicted molar refractivity (Wildman–Crippen MR) is 106 cm³/mol. The van der Waals surface area contributed by atoms with Crippen LogP contribution in [0.2, 0.25) is 0 Å². The van der Waals surface area contributed by atoms with Gasteiger partial charge in [0.1, 0.15) is 11.9 Å². The lowest BCUT2D eigenvalue weighted by Crippen LogP contribution is -2.23. The van der Waals surface area contributed by atoms with E-state index >= 15 is 0 Å².